The molecule has 0 bridgehead atoms. The number of nitrogens with one attached hydrogen (secondary N) is 1. The highest BCUT2D eigenvalue weighted by Gasteiger charge is 2.18. The number of benzene rings is 2. The van der Waals surface area contributed by atoms with Crippen molar-refractivity contribution in [2.24, 2.45) is 0 Å². The van der Waals surface area contributed by atoms with Crippen LogP contribution in [0.15, 0.2) is 53.9 Å². The summed E-state index contributed by atoms with van der Waals surface area (Å²) in [6.07, 6.45) is -0.700. The van der Waals surface area contributed by atoms with E-state index in [1.807, 2.05) is 29.6 Å². The largest absolute Gasteiger partial charge is 0.493 e. The molecule has 0 aliphatic rings. The van der Waals surface area contributed by atoms with Crippen LogP contribution in [0.1, 0.15) is 6.92 Å². The van der Waals surface area contributed by atoms with Crippen LogP contribution in [-0.2, 0) is 4.79 Å². The van der Waals surface area contributed by atoms with Crippen LogP contribution >= 0.6 is 22.9 Å². The maximum absolute atomic E-state index is 12.4. The Bertz CT molecular complexity index is 896. The van der Waals surface area contributed by atoms with E-state index >= 15 is 0 Å². The SMILES string of the molecule is COc1ccccc1O[C@H](C)C(=O)Nc1nc(-c2ccc(Cl)cc2)cs1. The molecule has 0 saturated heterocycles. The zero-order chi connectivity index (χ0) is 18.5. The van der Waals surface area contributed by atoms with Gasteiger partial charge >= 0.3 is 0 Å². The minimum absolute atomic E-state index is 0.284. The number of thiazole rings is 1. The quantitative estimate of drug-likeness (QED) is 0.653. The van der Waals surface area contributed by atoms with Gasteiger partial charge < -0.3 is 9.47 Å². The molecule has 134 valence electrons. The Labute approximate surface area is 160 Å². The second-order valence-electron chi connectivity index (χ2n) is 5.44. The molecule has 3 rings (SSSR count). The van der Waals surface area contributed by atoms with Crippen LogP contribution < -0.4 is 14.8 Å². The maximum Gasteiger partial charge on any atom is 0.266 e. The van der Waals surface area contributed by atoms with E-state index in [1.165, 1.54) is 11.3 Å². The molecule has 1 heterocycles. The van der Waals surface area contributed by atoms with Crippen molar-refractivity contribution >= 4 is 34.0 Å². The molecule has 1 aromatic heterocycles. The Kier molecular flexibility index (Phi) is 5.75. The van der Waals surface area contributed by atoms with Crippen LogP contribution in [0.3, 0.4) is 0 Å². The first kappa shape index (κ1) is 18.2. The molecule has 1 amide bonds. The Morgan fingerprint density at radius 2 is 1.85 bits per heavy atom. The van der Waals surface area contributed by atoms with Gasteiger partial charge in [0.2, 0.25) is 0 Å². The zero-order valence-electron chi connectivity index (χ0n) is 14.2. The topological polar surface area (TPSA) is 60.5 Å². The summed E-state index contributed by atoms with van der Waals surface area (Å²) in [6, 6.07) is 14.6. The lowest BCUT2D eigenvalue weighted by molar-refractivity contribution is -0.122. The summed E-state index contributed by atoms with van der Waals surface area (Å²) in [4.78, 5) is 16.8. The van der Waals surface area contributed by atoms with E-state index in [1.54, 1.807) is 38.3 Å². The molecule has 1 N–H and O–H groups in total. The molecule has 0 aliphatic heterocycles. The van der Waals surface area contributed by atoms with E-state index in [4.69, 9.17) is 21.1 Å². The fraction of sp³-hybridized carbons (Fsp3) is 0.158. The van der Waals surface area contributed by atoms with Crippen molar-refractivity contribution in [2.45, 2.75) is 13.0 Å². The number of hydrogen-bond acceptors (Lipinski definition) is 5. The first-order valence-electron chi connectivity index (χ1n) is 7.89. The minimum Gasteiger partial charge on any atom is -0.493 e. The lowest BCUT2D eigenvalue weighted by Crippen LogP contribution is -2.30. The molecular formula is C19H17ClN2O3S. The number of aromatic nitrogens is 1. The zero-order valence-corrected chi connectivity index (χ0v) is 15.8. The van der Waals surface area contributed by atoms with E-state index in [9.17, 15) is 4.79 Å². The second kappa shape index (κ2) is 8.21. The van der Waals surface area contributed by atoms with Gasteiger partial charge in [0, 0.05) is 16.0 Å². The number of methoxy groups -OCH3 is 1. The first-order chi connectivity index (χ1) is 12.6. The summed E-state index contributed by atoms with van der Waals surface area (Å²) in [5.41, 5.74) is 1.71. The molecule has 0 fully saturated rings. The number of para-hydroxylation sites is 2. The number of amides is 1. The lowest BCUT2D eigenvalue weighted by Gasteiger charge is -2.15. The average molecular weight is 389 g/mol. The van der Waals surface area contributed by atoms with Crippen molar-refractivity contribution in [1.82, 2.24) is 4.98 Å². The van der Waals surface area contributed by atoms with Gasteiger partial charge in [-0.25, -0.2) is 4.98 Å². The highest BCUT2D eigenvalue weighted by molar-refractivity contribution is 7.14. The van der Waals surface area contributed by atoms with E-state index in [0.29, 0.717) is 21.7 Å². The third kappa shape index (κ3) is 4.33. The third-order valence-corrected chi connectivity index (χ3v) is 4.63. The van der Waals surface area contributed by atoms with Gasteiger partial charge in [-0.3, -0.25) is 10.1 Å². The summed E-state index contributed by atoms with van der Waals surface area (Å²) >= 11 is 7.25. The van der Waals surface area contributed by atoms with Crippen LogP contribution in [0.25, 0.3) is 11.3 Å². The van der Waals surface area contributed by atoms with Crippen molar-refractivity contribution in [3.05, 3.63) is 58.9 Å². The molecule has 26 heavy (non-hydrogen) atoms. The van der Waals surface area contributed by atoms with Crippen molar-refractivity contribution in [2.75, 3.05) is 12.4 Å². The first-order valence-corrected chi connectivity index (χ1v) is 9.14. The standard InChI is InChI=1S/C19H17ClN2O3S/c1-12(25-17-6-4-3-5-16(17)24-2)18(23)22-19-21-15(11-26-19)13-7-9-14(20)10-8-13/h3-12H,1-2H3,(H,21,22,23)/t12-/m1/s1. The van der Waals surface area contributed by atoms with Gasteiger partial charge in [-0.15, -0.1) is 11.3 Å². The van der Waals surface area contributed by atoms with Gasteiger partial charge in [-0.05, 0) is 31.2 Å². The molecule has 2 aromatic carbocycles. The highest BCUT2D eigenvalue weighted by Crippen LogP contribution is 2.28. The van der Waals surface area contributed by atoms with Gasteiger partial charge in [-0.2, -0.15) is 0 Å². The van der Waals surface area contributed by atoms with Crippen LogP contribution in [0.2, 0.25) is 5.02 Å². The van der Waals surface area contributed by atoms with Crippen LogP contribution in [0.5, 0.6) is 11.5 Å². The Morgan fingerprint density at radius 3 is 2.54 bits per heavy atom. The summed E-state index contributed by atoms with van der Waals surface area (Å²) < 4.78 is 10.9. The monoisotopic (exact) mass is 388 g/mol. The summed E-state index contributed by atoms with van der Waals surface area (Å²) in [5.74, 6) is 0.804. The van der Waals surface area contributed by atoms with Gasteiger partial charge in [0.25, 0.3) is 5.91 Å². The second-order valence-corrected chi connectivity index (χ2v) is 6.74. The van der Waals surface area contributed by atoms with Crippen molar-refractivity contribution in [1.29, 1.82) is 0 Å². The fourth-order valence-corrected chi connectivity index (χ4v) is 3.10. The number of ether oxygens (including phenoxy) is 2. The van der Waals surface area contributed by atoms with E-state index in [0.717, 1.165) is 11.3 Å². The van der Waals surface area contributed by atoms with E-state index in [2.05, 4.69) is 10.3 Å². The predicted molar refractivity (Wildman–Crippen MR) is 104 cm³/mol. The number of rotatable bonds is 6. The Balaban J connectivity index is 1.65. The fourth-order valence-electron chi connectivity index (χ4n) is 2.25. The molecular weight excluding hydrogens is 372 g/mol. The lowest BCUT2D eigenvalue weighted by atomic mass is 10.2. The van der Waals surface area contributed by atoms with Crippen molar-refractivity contribution in [3.8, 4) is 22.8 Å². The smallest absolute Gasteiger partial charge is 0.266 e. The summed E-state index contributed by atoms with van der Waals surface area (Å²) in [5, 5.41) is 5.83. The Morgan fingerprint density at radius 1 is 1.15 bits per heavy atom. The van der Waals surface area contributed by atoms with Crippen LogP contribution in [-0.4, -0.2) is 24.1 Å². The molecule has 0 aliphatic carbocycles. The number of anilines is 1. The molecule has 0 spiro atoms. The number of hydrogen-bond donors (Lipinski definition) is 1. The van der Waals surface area contributed by atoms with Crippen molar-refractivity contribution < 1.29 is 14.3 Å². The number of halogens is 1. The van der Waals surface area contributed by atoms with Crippen molar-refractivity contribution in [3.63, 3.8) is 0 Å². The highest BCUT2D eigenvalue weighted by atomic mass is 35.5. The number of carbonyl (C=O) groups is 1. The van der Waals surface area contributed by atoms with E-state index < -0.39 is 6.10 Å². The van der Waals surface area contributed by atoms with Crippen LogP contribution in [0.4, 0.5) is 5.13 Å². The number of nitrogens with zero attached hydrogens (tertiary/aromatic N) is 1. The molecule has 3 aromatic rings. The molecule has 7 heteroatoms. The number of carbonyl (C=O) groups excluding carboxylic acids is 1. The molecule has 0 radical (unpaired) electrons. The normalized spacial score (nSPS) is 11.7. The summed E-state index contributed by atoms with van der Waals surface area (Å²) in [6.45, 7) is 1.68. The van der Waals surface area contributed by atoms with Gasteiger partial charge in [0.05, 0.1) is 12.8 Å². The Hall–Kier alpha value is -2.57. The van der Waals surface area contributed by atoms with E-state index in [-0.39, 0.29) is 5.91 Å². The van der Waals surface area contributed by atoms with Gasteiger partial charge in [0.15, 0.2) is 22.7 Å². The maximum atomic E-state index is 12.4. The van der Waals surface area contributed by atoms with Gasteiger partial charge in [-0.1, -0.05) is 35.9 Å². The van der Waals surface area contributed by atoms with Gasteiger partial charge in [0.1, 0.15) is 0 Å². The average Bonchev–Trinajstić information content (AvgIpc) is 3.11. The third-order valence-electron chi connectivity index (χ3n) is 3.62. The van der Waals surface area contributed by atoms with Crippen LogP contribution in [0, 0.1) is 0 Å². The molecule has 0 unspecified atom stereocenters. The minimum atomic E-state index is -0.700. The summed E-state index contributed by atoms with van der Waals surface area (Å²) in [7, 11) is 1.56. The molecule has 1 atom stereocenters. The molecule has 5 nitrogen and oxygen atoms in total. The molecule has 0 saturated carbocycles. The predicted octanol–water partition coefficient (Wildman–Crippen LogP) is 4.88.